The van der Waals surface area contributed by atoms with Crippen LogP contribution in [0.2, 0.25) is 0 Å². The molecular weight excluding hydrogens is 220 g/mol. The third-order valence-corrected chi connectivity index (χ3v) is 2.01. The Morgan fingerprint density at radius 1 is 1.29 bits per heavy atom. The third-order valence-electron chi connectivity index (χ3n) is 2.01. The highest BCUT2D eigenvalue weighted by Crippen LogP contribution is 2.12. The van der Waals surface area contributed by atoms with Gasteiger partial charge in [-0.05, 0) is 30.7 Å². The molecule has 2 amide bonds. The van der Waals surface area contributed by atoms with Crippen molar-refractivity contribution in [2.75, 3.05) is 13.2 Å². The van der Waals surface area contributed by atoms with Crippen LogP contribution < -0.4 is 15.8 Å². The number of hydrogen-bond acceptors (Lipinski definition) is 3. The fourth-order valence-electron chi connectivity index (χ4n) is 1.19. The van der Waals surface area contributed by atoms with Gasteiger partial charge in [0.2, 0.25) is 5.91 Å². The summed E-state index contributed by atoms with van der Waals surface area (Å²) in [5.41, 5.74) is 5.39. The Balaban J connectivity index is 2.54. The predicted molar refractivity (Wildman–Crippen MR) is 63.8 cm³/mol. The van der Waals surface area contributed by atoms with Gasteiger partial charge in [-0.15, -0.1) is 0 Å². The SMILES string of the molecule is CCCOc1ccc(C(=O)NCC(N)=O)cc1. The summed E-state index contributed by atoms with van der Waals surface area (Å²) < 4.78 is 5.38. The van der Waals surface area contributed by atoms with Gasteiger partial charge in [0.1, 0.15) is 5.75 Å². The molecule has 0 fully saturated rings. The maximum Gasteiger partial charge on any atom is 0.251 e. The van der Waals surface area contributed by atoms with Gasteiger partial charge in [0.15, 0.2) is 0 Å². The van der Waals surface area contributed by atoms with E-state index in [4.69, 9.17) is 10.5 Å². The number of rotatable bonds is 6. The monoisotopic (exact) mass is 236 g/mol. The maximum absolute atomic E-state index is 11.5. The molecule has 0 radical (unpaired) electrons. The molecule has 0 bridgehead atoms. The smallest absolute Gasteiger partial charge is 0.251 e. The van der Waals surface area contributed by atoms with Gasteiger partial charge in [-0.3, -0.25) is 9.59 Å². The second-order valence-corrected chi connectivity index (χ2v) is 3.52. The van der Waals surface area contributed by atoms with Crippen LogP contribution in [0.25, 0.3) is 0 Å². The molecule has 5 nitrogen and oxygen atoms in total. The molecule has 3 N–H and O–H groups in total. The van der Waals surface area contributed by atoms with E-state index in [0.717, 1.165) is 12.2 Å². The van der Waals surface area contributed by atoms with Crippen molar-refractivity contribution >= 4 is 11.8 Å². The third kappa shape index (κ3) is 4.55. The first-order valence-electron chi connectivity index (χ1n) is 5.43. The lowest BCUT2D eigenvalue weighted by atomic mass is 10.2. The summed E-state index contributed by atoms with van der Waals surface area (Å²) in [7, 11) is 0. The van der Waals surface area contributed by atoms with Gasteiger partial charge in [-0.1, -0.05) is 6.92 Å². The van der Waals surface area contributed by atoms with Crippen molar-refractivity contribution in [2.24, 2.45) is 5.73 Å². The summed E-state index contributed by atoms with van der Waals surface area (Å²) in [5, 5.41) is 2.41. The van der Waals surface area contributed by atoms with E-state index in [1.54, 1.807) is 24.3 Å². The minimum atomic E-state index is -0.568. The molecule has 0 spiro atoms. The predicted octanol–water partition coefficient (Wildman–Crippen LogP) is 0.690. The average Bonchev–Trinajstić information content (AvgIpc) is 2.34. The fourth-order valence-corrected chi connectivity index (χ4v) is 1.19. The lowest BCUT2D eigenvalue weighted by molar-refractivity contribution is -0.117. The second kappa shape index (κ2) is 6.52. The zero-order valence-corrected chi connectivity index (χ0v) is 9.73. The van der Waals surface area contributed by atoms with Crippen molar-refractivity contribution in [3.8, 4) is 5.75 Å². The number of primary amides is 1. The minimum Gasteiger partial charge on any atom is -0.494 e. The molecule has 5 heteroatoms. The Kier molecular flexibility index (Phi) is 5.00. The van der Waals surface area contributed by atoms with E-state index in [2.05, 4.69) is 5.32 Å². The number of amides is 2. The molecule has 92 valence electrons. The molecular formula is C12H16N2O3. The average molecular weight is 236 g/mol. The molecule has 0 atom stereocenters. The lowest BCUT2D eigenvalue weighted by Crippen LogP contribution is -2.33. The van der Waals surface area contributed by atoms with Crippen LogP contribution in [0.3, 0.4) is 0 Å². The first-order valence-corrected chi connectivity index (χ1v) is 5.43. The number of hydrogen-bond donors (Lipinski definition) is 2. The Morgan fingerprint density at radius 2 is 1.94 bits per heavy atom. The van der Waals surface area contributed by atoms with Crippen LogP contribution in [-0.2, 0) is 4.79 Å². The van der Waals surface area contributed by atoms with Crippen LogP contribution in [0.15, 0.2) is 24.3 Å². The largest absolute Gasteiger partial charge is 0.494 e. The van der Waals surface area contributed by atoms with Crippen molar-refractivity contribution in [3.63, 3.8) is 0 Å². The molecule has 0 aromatic heterocycles. The van der Waals surface area contributed by atoms with Gasteiger partial charge in [0.05, 0.1) is 13.2 Å². The van der Waals surface area contributed by atoms with E-state index < -0.39 is 5.91 Å². The highest BCUT2D eigenvalue weighted by atomic mass is 16.5. The first-order chi connectivity index (χ1) is 8.13. The maximum atomic E-state index is 11.5. The second-order valence-electron chi connectivity index (χ2n) is 3.52. The number of carbonyl (C=O) groups excluding carboxylic acids is 2. The van der Waals surface area contributed by atoms with Crippen LogP contribution >= 0.6 is 0 Å². The Labute approximate surface area is 99.9 Å². The van der Waals surface area contributed by atoms with Crippen LogP contribution in [0.1, 0.15) is 23.7 Å². The zero-order valence-electron chi connectivity index (χ0n) is 9.73. The highest BCUT2D eigenvalue weighted by Gasteiger charge is 2.06. The minimum absolute atomic E-state index is 0.160. The van der Waals surface area contributed by atoms with Crippen LogP contribution in [-0.4, -0.2) is 25.0 Å². The van der Waals surface area contributed by atoms with E-state index in [-0.39, 0.29) is 12.5 Å². The molecule has 0 saturated carbocycles. The molecule has 0 aliphatic rings. The molecule has 1 aromatic rings. The molecule has 0 aliphatic heterocycles. The highest BCUT2D eigenvalue weighted by molar-refractivity contribution is 5.96. The number of nitrogens with one attached hydrogen (secondary N) is 1. The van der Waals surface area contributed by atoms with Crippen molar-refractivity contribution in [3.05, 3.63) is 29.8 Å². The van der Waals surface area contributed by atoms with Crippen LogP contribution in [0.4, 0.5) is 0 Å². The zero-order chi connectivity index (χ0) is 12.7. The molecule has 1 rings (SSSR count). The topological polar surface area (TPSA) is 81.4 Å². The van der Waals surface area contributed by atoms with Gasteiger partial charge in [-0.25, -0.2) is 0 Å². The van der Waals surface area contributed by atoms with Gasteiger partial charge >= 0.3 is 0 Å². The quantitative estimate of drug-likeness (QED) is 0.762. The fraction of sp³-hybridized carbons (Fsp3) is 0.333. The van der Waals surface area contributed by atoms with Gasteiger partial charge < -0.3 is 15.8 Å². The summed E-state index contributed by atoms with van der Waals surface area (Å²) in [4.78, 5) is 22.0. The molecule has 0 saturated heterocycles. The van der Waals surface area contributed by atoms with E-state index in [9.17, 15) is 9.59 Å². The summed E-state index contributed by atoms with van der Waals surface area (Å²) >= 11 is 0. The van der Waals surface area contributed by atoms with Gasteiger partial charge in [0, 0.05) is 5.56 Å². The van der Waals surface area contributed by atoms with E-state index in [1.807, 2.05) is 6.92 Å². The molecule has 17 heavy (non-hydrogen) atoms. The molecule has 0 aliphatic carbocycles. The van der Waals surface area contributed by atoms with Crippen LogP contribution in [0, 0.1) is 0 Å². The standard InChI is InChI=1S/C12H16N2O3/c1-2-7-17-10-5-3-9(4-6-10)12(16)14-8-11(13)15/h3-6H,2,7-8H2,1H3,(H2,13,15)(H,14,16). The molecule has 0 unspecified atom stereocenters. The van der Waals surface area contributed by atoms with E-state index in [0.29, 0.717) is 12.2 Å². The normalized spacial score (nSPS) is 9.71. The summed E-state index contributed by atoms with van der Waals surface area (Å²) in [6.07, 6.45) is 0.931. The van der Waals surface area contributed by atoms with Crippen molar-refractivity contribution in [1.29, 1.82) is 0 Å². The summed E-state index contributed by atoms with van der Waals surface area (Å²) in [5.74, 6) is -0.176. The van der Waals surface area contributed by atoms with Crippen molar-refractivity contribution < 1.29 is 14.3 Å². The molecule has 1 aromatic carbocycles. The first kappa shape index (κ1) is 13.0. The lowest BCUT2D eigenvalue weighted by Gasteiger charge is -2.06. The van der Waals surface area contributed by atoms with Crippen molar-refractivity contribution in [1.82, 2.24) is 5.32 Å². The molecule has 0 heterocycles. The van der Waals surface area contributed by atoms with Gasteiger partial charge in [-0.2, -0.15) is 0 Å². The Bertz CT molecular complexity index is 387. The summed E-state index contributed by atoms with van der Waals surface area (Å²) in [6.45, 7) is 2.51. The number of ether oxygens (including phenoxy) is 1. The Hall–Kier alpha value is -2.04. The summed E-state index contributed by atoms with van der Waals surface area (Å²) in [6, 6.07) is 6.71. The van der Waals surface area contributed by atoms with Crippen LogP contribution in [0.5, 0.6) is 5.75 Å². The van der Waals surface area contributed by atoms with E-state index >= 15 is 0 Å². The number of nitrogens with two attached hydrogens (primary N) is 1. The number of carbonyl (C=O) groups is 2. The van der Waals surface area contributed by atoms with Crippen molar-refractivity contribution in [2.45, 2.75) is 13.3 Å². The Morgan fingerprint density at radius 3 is 2.47 bits per heavy atom. The van der Waals surface area contributed by atoms with E-state index in [1.165, 1.54) is 0 Å². The number of benzene rings is 1. The van der Waals surface area contributed by atoms with Gasteiger partial charge in [0.25, 0.3) is 5.91 Å².